The molecule has 1 amide bonds. The molecular formula is C13H20N4OS. The Bertz CT molecular complexity index is 465. The average Bonchev–Trinajstić information content (AvgIpc) is 3.07. The number of nitrogen functional groups attached to an aromatic ring is 1. The maximum absolute atomic E-state index is 12.0. The molecule has 0 aliphatic heterocycles. The molecule has 0 atom stereocenters. The van der Waals surface area contributed by atoms with Gasteiger partial charge in [0.25, 0.3) is 5.91 Å². The molecule has 2 fully saturated rings. The van der Waals surface area contributed by atoms with Crippen molar-refractivity contribution in [3.63, 3.8) is 0 Å². The topological polar surface area (TPSA) is 80.0 Å². The Morgan fingerprint density at radius 1 is 1.37 bits per heavy atom. The summed E-state index contributed by atoms with van der Waals surface area (Å²) in [7, 11) is 0. The normalized spacial score (nSPS) is 18.9. The molecule has 0 bridgehead atoms. The van der Waals surface area contributed by atoms with E-state index in [1.165, 1.54) is 43.4 Å². The van der Waals surface area contributed by atoms with E-state index in [1.807, 2.05) is 0 Å². The fourth-order valence-electron chi connectivity index (χ4n) is 2.16. The van der Waals surface area contributed by atoms with Crippen LogP contribution in [-0.4, -0.2) is 23.5 Å². The molecule has 0 unspecified atom stereocenters. The molecule has 1 heterocycles. The molecule has 2 aliphatic rings. The third-order valence-corrected chi connectivity index (χ3v) is 4.83. The highest BCUT2D eigenvalue weighted by molar-refractivity contribution is 7.18. The van der Waals surface area contributed by atoms with Gasteiger partial charge in [0.05, 0.1) is 0 Å². The Labute approximate surface area is 117 Å². The van der Waals surface area contributed by atoms with Crippen molar-refractivity contribution in [2.24, 2.45) is 5.92 Å². The number of thiazole rings is 1. The molecule has 0 spiro atoms. The van der Waals surface area contributed by atoms with Gasteiger partial charge >= 0.3 is 0 Å². The van der Waals surface area contributed by atoms with E-state index < -0.39 is 0 Å². The number of nitrogens with zero attached hydrogens (tertiary/aromatic N) is 1. The summed E-state index contributed by atoms with van der Waals surface area (Å²) in [5.74, 6) is 1.09. The number of hydrogen-bond acceptors (Lipinski definition) is 5. The maximum atomic E-state index is 12.0. The molecule has 1 aromatic rings. The largest absolute Gasteiger partial charge is 0.382 e. The summed E-state index contributed by atoms with van der Waals surface area (Å²) in [4.78, 5) is 16.8. The van der Waals surface area contributed by atoms with Crippen LogP contribution in [0.15, 0.2) is 0 Å². The van der Waals surface area contributed by atoms with Crippen LogP contribution in [0.2, 0.25) is 0 Å². The van der Waals surface area contributed by atoms with Crippen LogP contribution in [0, 0.1) is 5.92 Å². The minimum Gasteiger partial charge on any atom is -0.382 e. The molecule has 3 rings (SSSR count). The van der Waals surface area contributed by atoms with E-state index in [-0.39, 0.29) is 5.91 Å². The summed E-state index contributed by atoms with van der Waals surface area (Å²) in [6.45, 7) is 0.742. The van der Waals surface area contributed by atoms with Crippen LogP contribution in [0.3, 0.4) is 0 Å². The Morgan fingerprint density at radius 2 is 2.16 bits per heavy atom. The van der Waals surface area contributed by atoms with Crippen molar-refractivity contribution in [1.29, 1.82) is 0 Å². The second-order valence-electron chi connectivity index (χ2n) is 5.49. The van der Waals surface area contributed by atoms with Crippen LogP contribution in [-0.2, 0) is 0 Å². The smallest absolute Gasteiger partial charge is 0.265 e. The zero-order valence-corrected chi connectivity index (χ0v) is 11.8. The molecule has 19 heavy (non-hydrogen) atoms. The summed E-state index contributed by atoms with van der Waals surface area (Å²) in [5, 5.41) is 7.03. The highest BCUT2D eigenvalue weighted by atomic mass is 32.1. The van der Waals surface area contributed by atoms with Gasteiger partial charge in [0, 0.05) is 12.6 Å². The van der Waals surface area contributed by atoms with Gasteiger partial charge in [0.2, 0.25) is 0 Å². The monoisotopic (exact) mass is 280 g/mol. The minimum absolute atomic E-state index is 0.0858. The van der Waals surface area contributed by atoms with Gasteiger partial charge in [0.1, 0.15) is 10.7 Å². The summed E-state index contributed by atoms with van der Waals surface area (Å²) in [6, 6.07) is 0.510. The number of carbonyl (C=O) groups excluding carboxylic acids is 1. The maximum Gasteiger partial charge on any atom is 0.265 e. The van der Waals surface area contributed by atoms with E-state index >= 15 is 0 Å². The summed E-state index contributed by atoms with van der Waals surface area (Å²) >= 11 is 1.36. The van der Waals surface area contributed by atoms with E-state index in [1.54, 1.807) is 0 Å². The van der Waals surface area contributed by atoms with E-state index in [2.05, 4.69) is 15.6 Å². The van der Waals surface area contributed by atoms with Crippen molar-refractivity contribution >= 4 is 28.2 Å². The van der Waals surface area contributed by atoms with E-state index in [4.69, 9.17) is 5.73 Å². The number of anilines is 2. The standard InChI is InChI=1S/C13H20N4OS/c14-11-10(12(18)15-7-6-8-4-5-8)19-13(17-11)16-9-2-1-3-9/h8-9H,1-7,14H2,(H,15,18)(H,16,17). The fourth-order valence-corrected chi connectivity index (χ4v) is 3.04. The lowest BCUT2D eigenvalue weighted by molar-refractivity contribution is 0.0957. The van der Waals surface area contributed by atoms with Gasteiger partial charge in [-0.2, -0.15) is 0 Å². The van der Waals surface area contributed by atoms with Crippen molar-refractivity contribution in [1.82, 2.24) is 10.3 Å². The van der Waals surface area contributed by atoms with E-state index in [0.29, 0.717) is 16.7 Å². The number of nitrogens with one attached hydrogen (secondary N) is 2. The van der Waals surface area contributed by atoms with Crippen LogP contribution in [0.1, 0.15) is 48.2 Å². The molecule has 0 aromatic carbocycles. The first-order valence-electron chi connectivity index (χ1n) is 7.03. The molecular weight excluding hydrogens is 260 g/mol. The summed E-state index contributed by atoms with van der Waals surface area (Å²) < 4.78 is 0. The van der Waals surface area contributed by atoms with Crippen LogP contribution in [0.25, 0.3) is 0 Å². The van der Waals surface area contributed by atoms with Gasteiger partial charge in [-0.1, -0.05) is 24.2 Å². The summed E-state index contributed by atoms with van der Waals surface area (Å²) in [5.41, 5.74) is 5.82. The second-order valence-corrected chi connectivity index (χ2v) is 6.49. The van der Waals surface area contributed by atoms with Gasteiger partial charge in [-0.25, -0.2) is 4.98 Å². The minimum atomic E-state index is -0.0858. The lowest BCUT2D eigenvalue weighted by Crippen LogP contribution is -2.26. The Morgan fingerprint density at radius 3 is 2.79 bits per heavy atom. The molecule has 2 saturated carbocycles. The van der Waals surface area contributed by atoms with Gasteiger partial charge < -0.3 is 16.4 Å². The lowest BCUT2D eigenvalue weighted by Gasteiger charge is -2.25. The lowest BCUT2D eigenvalue weighted by atomic mass is 9.93. The van der Waals surface area contributed by atoms with Gasteiger partial charge in [-0.15, -0.1) is 0 Å². The van der Waals surface area contributed by atoms with E-state index in [9.17, 15) is 4.79 Å². The summed E-state index contributed by atoms with van der Waals surface area (Å²) in [6.07, 6.45) is 7.34. The molecule has 4 N–H and O–H groups in total. The first-order chi connectivity index (χ1) is 9.22. The number of aromatic nitrogens is 1. The average molecular weight is 280 g/mol. The van der Waals surface area contributed by atoms with Crippen molar-refractivity contribution in [3.8, 4) is 0 Å². The van der Waals surface area contributed by atoms with Crippen molar-refractivity contribution in [2.75, 3.05) is 17.6 Å². The Hall–Kier alpha value is -1.30. The zero-order chi connectivity index (χ0) is 13.2. The van der Waals surface area contributed by atoms with Crippen molar-refractivity contribution < 1.29 is 4.79 Å². The molecule has 2 aliphatic carbocycles. The Kier molecular flexibility index (Phi) is 3.59. The van der Waals surface area contributed by atoms with Crippen LogP contribution in [0.5, 0.6) is 0 Å². The van der Waals surface area contributed by atoms with Gasteiger partial charge in [-0.3, -0.25) is 4.79 Å². The quantitative estimate of drug-likeness (QED) is 0.746. The highest BCUT2D eigenvalue weighted by Crippen LogP contribution is 2.32. The molecule has 0 saturated heterocycles. The predicted molar refractivity (Wildman–Crippen MR) is 77.5 cm³/mol. The van der Waals surface area contributed by atoms with E-state index in [0.717, 1.165) is 24.0 Å². The number of carbonyl (C=O) groups is 1. The highest BCUT2D eigenvalue weighted by Gasteiger charge is 2.23. The number of hydrogen-bond donors (Lipinski definition) is 3. The SMILES string of the molecule is Nc1nc(NC2CCC2)sc1C(=O)NCCC1CC1. The van der Waals surface area contributed by atoms with Gasteiger partial charge in [0.15, 0.2) is 5.13 Å². The zero-order valence-electron chi connectivity index (χ0n) is 10.9. The molecule has 6 heteroatoms. The molecule has 0 radical (unpaired) electrons. The third-order valence-electron chi connectivity index (χ3n) is 3.83. The molecule has 104 valence electrons. The van der Waals surface area contributed by atoms with Gasteiger partial charge in [-0.05, 0) is 31.6 Å². The van der Waals surface area contributed by atoms with Crippen molar-refractivity contribution in [2.45, 2.75) is 44.6 Å². The van der Waals surface area contributed by atoms with Crippen LogP contribution in [0.4, 0.5) is 10.9 Å². The van der Waals surface area contributed by atoms with Crippen LogP contribution < -0.4 is 16.4 Å². The number of nitrogens with two attached hydrogens (primary N) is 1. The first kappa shape index (κ1) is 12.7. The fraction of sp³-hybridized carbons (Fsp3) is 0.692. The Balaban J connectivity index is 1.53. The third kappa shape index (κ3) is 3.18. The number of rotatable bonds is 6. The predicted octanol–water partition coefficient (Wildman–Crippen LogP) is 2.22. The van der Waals surface area contributed by atoms with Crippen LogP contribution >= 0.6 is 11.3 Å². The molecule has 5 nitrogen and oxygen atoms in total. The second kappa shape index (κ2) is 5.36. The molecule has 1 aromatic heterocycles. The number of amides is 1. The first-order valence-corrected chi connectivity index (χ1v) is 7.85. The van der Waals surface area contributed by atoms with Crippen molar-refractivity contribution in [3.05, 3.63) is 4.88 Å².